The molecule has 1 atom stereocenters. The Bertz CT molecular complexity index is 942. The quantitative estimate of drug-likeness (QED) is 0.616. The summed E-state index contributed by atoms with van der Waals surface area (Å²) in [5.74, 6) is 1.41. The topological polar surface area (TPSA) is 45.4 Å². The average Bonchev–Trinajstić information content (AvgIpc) is 3.41. The number of hydrogen-bond acceptors (Lipinski definition) is 5. The van der Waals surface area contributed by atoms with Gasteiger partial charge >= 0.3 is 0 Å². The SMILES string of the molecule is c1ccc(CCN2CCC[C@@]3(CCN(Cc4nc(-c5ccccc5)no4)C3)C2)cc1. The van der Waals surface area contributed by atoms with Crippen LogP contribution in [-0.2, 0) is 13.0 Å². The van der Waals surface area contributed by atoms with Crippen LogP contribution in [0.2, 0.25) is 0 Å². The molecule has 5 rings (SSSR count). The van der Waals surface area contributed by atoms with E-state index < -0.39 is 0 Å². The Morgan fingerprint density at radius 3 is 2.47 bits per heavy atom. The molecule has 5 nitrogen and oxygen atoms in total. The van der Waals surface area contributed by atoms with Gasteiger partial charge in [-0.2, -0.15) is 4.98 Å². The van der Waals surface area contributed by atoms with Crippen LogP contribution < -0.4 is 0 Å². The fourth-order valence-corrected chi connectivity index (χ4v) is 5.14. The van der Waals surface area contributed by atoms with Gasteiger partial charge in [0, 0.05) is 25.2 Å². The maximum atomic E-state index is 5.55. The Morgan fingerprint density at radius 2 is 1.63 bits per heavy atom. The van der Waals surface area contributed by atoms with E-state index in [0.717, 1.165) is 44.1 Å². The lowest BCUT2D eigenvalue weighted by Gasteiger charge is -2.40. The zero-order valence-electron chi connectivity index (χ0n) is 17.5. The monoisotopic (exact) mass is 402 g/mol. The van der Waals surface area contributed by atoms with Gasteiger partial charge in [0.15, 0.2) is 0 Å². The van der Waals surface area contributed by atoms with Crippen molar-refractivity contribution in [2.45, 2.75) is 32.2 Å². The molecule has 0 aliphatic carbocycles. The third kappa shape index (κ3) is 4.47. The third-order valence-electron chi connectivity index (χ3n) is 6.68. The van der Waals surface area contributed by atoms with Crippen LogP contribution in [0, 0.1) is 5.41 Å². The molecule has 0 bridgehead atoms. The zero-order valence-corrected chi connectivity index (χ0v) is 17.5. The Kier molecular flexibility index (Phi) is 5.65. The van der Waals surface area contributed by atoms with Crippen LogP contribution in [0.25, 0.3) is 11.4 Å². The van der Waals surface area contributed by atoms with E-state index in [9.17, 15) is 0 Å². The standard InChI is InChI=1S/C25H30N4O/c1-3-8-21(9-4-1)12-16-28-15-7-13-25(19-28)14-17-29(20-25)18-23-26-24(27-30-23)22-10-5-2-6-11-22/h1-6,8-11H,7,12-20H2/t25-/m1/s1. The smallest absolute Gasteiger partial charge is 0.241 e. The number of nitrogens with zero attached hydrogens (tertiary/aromatic N) is 4. The van der Waals surface area contributed by atoms with E-state index in [1.165, 1.54) is 37.9 Å². The molecule has 0 amide bonds. The molecule has 0 saturated carbocycles. The highest BCUT2D eigenvalue weighted by molar-refractivity contribution is 5.53. The Labute approximate surface area is 178 Å². The summed E-state index contributed by atoms with van der Waals surface area (Å²) in [6.45, 7) is 6.63. The number of aromatic nitrogens is 2. The van der Waals surface area contributed by atoms with Crippen molar-refractivity contribution in [3.63, 3.8) is 0 Å². The molecule has 1 aromatic heterocycles. The summed E-state index contributed by atoms with van der Waals surface area (Å²) in [6, 6.07) is 20.9. The highest BCUT2D eigenvalue weighted by Gasteiger charge is 2.41. The summed E-state index contributed by atoms with van der Waals surface area (Å²) < 4.78 is 5.55. The highest BCUT2D eigenvalue weighted by atomic mass is 16.5. The maximum Gasteiger partial charge on any atom is 0.241 e. The first-order chi connectivity index (χ1) is 14.8. The van der Waals surface area contributed by atoms with Gasteiger partial charge in [-0.25, -0.2) is 0 Å². The lowest BCUT2D eigenvalue weighted by molar-refractivity contribution is 0.0913. The molecule has 0 N–H and O–H groups in total. The van der Waals surface area contributed by atoms with Crippen molar-refractivity contribution in [3.8, 4) is 11.4 Å². The normalized spacial score (nSPS) is 22.7. The fraction of sp³-hybridized carbons (Fsp3) is 0.440. The zero-order chi connectivity index (χ0) is 20.2. The first kappa shape index (κ1) is 19.5. The highest BCUT2D eigenvalue weighted by Crippen LogP contribution is 2.39. The van der Waals surface area contributed by atoms with E-state index in [-0.39, 0.29) is 0 Å². The van der Waals surface area contributed by atoms with Crippen molar-refractivity contribution < 1.29 is 4.52 Å². The van der Waals surface area contributed by atoms with Crippen molar-refractivity contribution in [1.82, 2.24) is 19.9 Å². The summed E-state index contributed by atoms with van der Waals surface area (Å²) in [5, 5.41) is 4.18. The van der Waals surface area contributed by atoms with Gasteiger partial charge in [0.2, 0.25) is 11.7 Å². The van der Waals surface area contributed by atoms with E-state index in [2.05, 4.69) is 50.3 Å². The number of piperidine rings is 1. The molecule has 1 spiro atoms. The van der Waals surface area contributed by atoms with E-state index in [0.29, 0.717) is 11.2 Å². The summed E-state index contributed by atoms with van der Waals surface area (Å²) in [7, 11) is 0. The van der Waals surface area contributed by atoms with Crippen molar-refractivity contribution in [2.24, 2.45) is 5.41 Å². The summed E-state index contributed by atoms with van der Waals surface area (Å²) in [4.78, 5) is 9.81. The van der Waals surface area contributed by atoms with Gasteiger partial charge in [-0.3, -0.25) is 4.90 Å². The van der Waals surface area contributed by atoms with Crippen LogP contribution in [0.3, 0.4) is 0 Å². The fourth-order valence-electron chi connectivity index (χ4n) is 5.14. The summed E-state index contributed by atoms with van der Waals surface area (Å²) in [6.07, 6.45) is 5.06. The van der Waals surface area contributed by atoms with E-state index in [1.54, 1.807) is 0 Å². The molecule has 2 aliphatic rings. The number of hydrogen-bond donors (Lipinski definition) is 0. The molecule has 2 fully saturated rings. The van der Waals surface area contributed by atoms with Gasteiger partial charge in [-0.15, -0.1) is 0 Å². The van der Waals surface area contributed by atoms with Gasteiger partial charge in [0.1, 0.15) is 0 Å². The molecule has 3 heterocycles. The van der Waals surface area contributed by atoms with Crippen molar-refractivity contribution in [3.05, 3.63) is 72.1 Å². The number of likely N-dealkylation sites (tertiary alicyclic amines) is 2. The van der Waals surface area contributed by atoms with Crippen LogP contribution in [0.5, 0.6) is 0 Å². The predicted octanol–water partition coefficient (Wildman–Crippen LogP) is 4.27. The predicted molar refractivity (Wildman–Crippen MR) is 118 cm³/mol. The van der Waals surface area contributed by atoms with E-state index in [1.807, 2.05) is 30.3 Å². The Morgan fingerprint density at radius 1 is 0.867 bits per heavy atom. The Balaban J connectivity index is 1.16. The second-order valence-corrected chi connectivity index (χ2v) is 8.95. The van der Waals surface area contributed by atoms with Crippen LogP contribution in [0.4, 0.5) is 0 Å². The molecule has 30 heavy (non-hydrogen) atoms. The molecule has 2 aliphatic heterocycles. The molecule has 2 aromatic carbocycles. The minimum atomic E-state index is 0.428. The molecular formula is C25H30N4O. The van der Waals surface area contributed by atoms with Crippen molar-refractivity contribution in [1.29, 1.82) is 0 Å². The van der Waals surface area contributed by atoms with Gasteiger partial charge in [-0.1, -0.05) is 65.8 Å². The van der Waals surface area contributed by atoms with Crippen molar-refractivity contribution in [2.75, 3.05) is 32.7 Å². The minimum Gasteiger partial charge on any atom is -0.338 e. The lowest BCUT2D eigenvalue weighted by atomic mass is 9.79. The van der Waals surface area contributed by atoms with Crippen LogP contribution in [-0.4, -0.2) is 52.7 Å². The summed E-state index contributed by atoms with van der Waals surface area (Å²) in [5.41, 5.74) is 2.87. The number of rotatable bonds is 6. The molecule has 5 heteroatoms. The Hall–Kier alpha value is -2.50. The van der Waals surface area contributed by atoms with Gasteiger partial charge in [0.25, 0.3) is 0 Å². The van der Waals surface area contributed by atoms with Gasteiger partial charge in [0.05, 0.1) is 6.54 Å². The molecule has 3 aromatic rings. The molecule has 156 valence electrons. The van der Waals surface area contributed by atoms with E-state index >= 15 is 0 Å². The lowest BCUT2D eigenvalue weighted by Crippen LogP contribution is -2.45. The molecular weight excluding hydrogens is 372 g/mol. The van der Waals surface area contributed by atoms with E-state index in [4.69, 9.17) is 4.52 Å². The largest absolute Gasteiger partial charge is 0.338 e. The van der Waals surface area contributed by atoms with Crippen LogP contribution >= 0.6 is 0 Å². The first-order valence-corrected chi connectivity index (χ1v) is 11.1. The maximum absolute atomic E-state index is 5.55. The first-order valence-electron chi connectivity index (χ1n) is 11.1. The van der Waals surface area contributed by atoms with Crippen LogP contribution in [0.1, 0.15) is 30.7 Å². The molecule has 0 unspecified atom stereocenters. The molecule has 0 radical (unpaired) electrons. The number of benzene rings is 2. The van der Waals surface area contributed by atoms with Crippen molar-refractivity contribution >= 4 is 0 Å². The van der Waals surface area contributed by atoms with Gasteiger partial charge < -0.3 is 9.42 Å². The summed E-state index contributed by atoms with van der Waals surface area (Å²) >= 11 is 0. The second-order valence-electron chi connectivity index (χ2n) is 8.95. The van der Waals surface area contributed by atoms with Crippen LogP contribution in [0.15, 0.2) is 65.2 Å². The second kappa shape index (κ2) is 8.70. The average molecular weight is 403 g/mol. The van der Waals surface area contributed by atoms with Gasteiger partial charge in [-0.05, 0) is 49.8 Å². The third-order valence-corrected chi connectivity index (χ3v) is 6.68. The minimum absolute atomic E-state index is 0.428. The molecule has 2 saturated heterocycles.